The van der Waals surface area contributed by atoms with Gasteiger partial charge in [0.2, 0.25) is 0 Å². The van der Waals surface area contributed by atoms with E-state index < -0.39 is 9.84 Å². The summed E-state index contributed by atoms with van der Waals surface area (Å²) in [5.41, 5.74) is 3.09. The number of aryl methyl sites for hydroxylation is 1. The minimum atomic E-state index is -3.32. The van der Waals surface area contributed by atoms with Gasteiger partial charge in [-0.2, -0.15) is 0 Å². The molecular formula is C20H24ClN3O3S. The summed E-state index contributed by atoms with van der Waals surface area (Å²) in [6.45, 7) is 4.75. The van der Waals surface area contributed by atoms with Gasteiger partial charge in [-0.25, -0.2) is 18.4 Å². The predicted molar refractivity (Wildman–Crippen MR) is 112 cm³/mol. The van der Waals surface area contributed by atoms with Gasteiger partial charge in [0.05, 0.1) is 17.5 Å². The highest BCUT2D eigenvalue weighted by Gasteiger charge is 2.21. The second-order valence-electron chi connectivity index (χ2n) is 6.71. The van der Waals surface area contributed by atoms with E-state index in [0.29, 0.717) is 11.6 Å². The summed E-state index contributed by atoms with van der Waals surface area (Å²) in [7, 11) is -1.63. The second-order valence-corrected chi connectivity index (χ2v) is 9.14. The SMILES string of the molecule is CCc1nc2c(-c3ccc(S(C)(=O)=O)cc3Cl)ccnc2n1C(CC)COC. The van der Waals surface area contributed by atoms with Crippen LogP contribution >= 0.6 is 11.6 Å². The third kappa shape index (κ3) is 3.79. The average Bonchev–Trinajstić information content (AvgIpc) is 3.04. The van der Waals surface area contributed by atoms with Crippen LogP contribution in [0.25, 0.3) is 22.3 Å². The van der Waals surface area contributed by atoms with Crippen LogP contribution in [0.4, 0.5) is 0 Å². The number of pyridine rings is 1. The van der Waals surface area contributed by atoms with Crippen LogP contribution in [0.3, 0.4) is 0 Å². The van der Waals surface area contributed by atoms with E-state index in [9.17, 15) is 8.42 Å². The van der Waals surface area contributed by atoms with E-state index >= 15 is 0 Å². The number of ether oxygens (including phenoxy) is 1. The Bertz CT molecular complexity index is 1110. The Labute approximate surface area is 170 Å². The van der Waals surface area contributed by atoms with Gasteiger partial charge in [-0.15, -0.1) is 0 Å². The molecule has 0 saturated carbocycles. The standard InChI is InChI=1S/C20H24ClN3O3S/c1-5-13(12-27-3)24-18(6-2)23-19-16(9-10-22-20(19)24)15-8-7-14(11-17(15)21)28(4,25)26/h7-11,13H,5-6,12H2,1-4H3. The molecule has 0 saturated heterocycles. The van der Waals surface area contributed by atoms with Gasteiger partial charge < -0.3 is 9.30 Å². The minimum absolute atomic E-state index is 0.135. The molecule has 1 atom stereocenters. The summed E-state index contributed by atoms with van der Waals surface area (Å²) in [5, 5.41) is 0.368. The van der Waals surface area contributed by atoms with E-state index in [1.165, 1.54) is 12.3 Å². The van der Waals surface area contributed by atoms with Crippen LogP contribution in [-0.2, 0) is 21.0 Å². The van der Waals surface area contributed by atoms with Gasteiger partial charge in [0.15, 0.2) is 15.5 Å². The first-order valence-corrected chi connectivity index (χ1v) is 11.4. The van der Waals surface area contributed by atoms with Gasteiger partial charge >= 0.3 is 0 Å². The van der Waals surface area contributed by atoms with Crippen LogP contribution in [0.1, 0.15) is 32.1 Å². The highest BCUT2D eigenvalue weighted by Crippen LogP contribution is 2.35. The average molecular weight is 422 g/mol. The van der Waals surface area contributed by atoms with Crippen molar-refractivity contribution in [3.8, 4) is 11.1 Å². The molecule has 3 rings (SSSR count). The van der Waals surface area contributed by atoms with Crippen LogP contribution in [0.5, 0.6) is 0 Å². The number of hydrogen-bond donors (Lipinski definition) is 0. The molecule has 0 aliphatic carbocycles. The van der Waals surface area contributed by atoms with Gasteiger partial charge in [0, 0.05) is 42.1 Å². The molecule has 0 amide bonds. The molecular weight excluding hydrogens is 398 g/mol. The Morgan fingerprint density at radius 1 is 1.21 bits per heavy atom. The molecule has 6 nitrogen and oxygen atoms in total. The first-order valence-electron chi connectivity index (χ1n) is 9.16. The number of nitrogens with zero attached hydrogens (tertiary/aromatic N) is 3. The number of aromatic nitrogens is 3. The smallest absolute Gasteiger partial charge is 0.175 e. The zero-order valence-corrected chi connectivity index (χ0v) is 18.0. The number of sulfone groups is 1. The fourth-order valence-corrected chi connectivity index (χ4v) is 4.39. The summed E-state index contributed by atoms with van der Waals surface area (Å²) < 4.78 is 31.1. The Morgan fingerprint density at radius 3 is 2.54 bits per heavy atom. The van der Waals surface area contributed by atoms with Crippen LogP contribution in [0.2, 0.25) is 5.02 Å². The van der Waals surface area contributed by atoms with Crippen molar-refractivity contribution >= 4 is 32.6 Å². The molecule has 0 N–H and O–H groups in total. The molecule has 28 heavy (non-hydrogen) atoms. The maximum absolute atomic E-state index is 11.8. The number of benzene rings is 1. The first kappa shape index (κ1) is 20.8. The molecule has 3 aromatic rings. The number of methoxy groups -OCH3 is 1. The van der Waals surface area contributed by atoms with E-state index in [1.807, 2.05) is 6.07 Å². The lowest BCUT2D eigenvalue weighted by atomic mass is 10.1. The number of hydrogen-bond acceptors (Lipinski definition) is 5. The molecule has 150 valence electrons. The Hall–Kier alpha value is -1.96. The van der Waals surface area contributed by atoms with Crippen molar-refractivity contribution in [3.63, 3.8) is 0 Å². The quantitative estimate of drug-likeness (QED) is 0.568. The monoisotopic (exact) mass is 421 g/mol. The molecule has 0 spiro atoms. The molecule has 0 radical (unpaired) electrons. The molecule has 0 aliphatic rings. The number of imidazole rings is 1. The topological polar surface area (TPSA) is 74.1 Å². The van der Waals surface area contributed by atoms with Crippen molar-refractivity contribution in [1.82, 2.24) is 14.5 Å². The number of rotatable bonds is 7. The molecule has 1 unspecified atom stereocenters. The number of fused-ring (bicyclic) bond motifs is 1. The predicted octanol–water partition coefficient (Wildman–Crippen LogP) is 4.32. The van der Waals surface area contributed by atoms with Gasteiger partial charge in [0.25, 0.3) is 0 Å². The van der Waals surface area contributed by atoms with E-state index in [2.05, 4.69) is 23.4 Å². The minimum Gasteiger partial charge on any atom is -0.383 e. The van der Waals surface area contributed by atoms with Gasteiger partial charge in [-0.1, -0.05) is 31.5 Å². The van der Waals surface area contributed by atoms with E-state index in [-0.39, 0.29) is 10.9 Å². The van der Waals surface area contributed by atoms with Crippen molar-refractivity contribution in [2.75, 3.05) is 20.0 Å². The van der Waals surface area contributed by atoms with Crippen LogP contribution in [-0.4, -0.2) is 42.9 Å². The third-order valence-corrected chi connectivity index (χ3v) is 6.25. The molecule has 2 aromatic heterocycles. The first-order chi connectivity index (χ1) is 13.3. The Kier molecular flexibility index (Phi) is 6.07. The summed E-state index contributed by atoms with van der Waals surface area (Å²) in [6.07, 6.45) is 4.55. The lowest BCUT2D eigenvalue weighted by Gasteiger charge is -2.18. The summed E-state index contributed by atoms with van der Waals surface area (Å²) in [5.74, 6) is 0.933. The summed E-state index contributed by atoms with van der Waals surface area (Å²) in [6, 6.07) is 6.77. The fraction of sp³-hybridized carbons (Fsp3) is 0.400. The van der Waals surface area contributed by atoms with Crippen molar-refractivity contribution < 1.29 is 13.2 Å². The van der Waals surface area contributed by atoms with Crippen LogP contribution < -0.4 is 0 Å². The van der Waals surface area contributed by atoms with Crippen LogP contribution in [0, 0.1) is 0 Å². The normalized spacial score (nSPS) is 13.2. The molecule has 0 aliphatic heterocycles. The summed E-state index contributed by atoms with van der Waals surface area (Å²) in [4.78, 5) is 9.61. The second kappa shape index (κ2) is 8.19. The Balaban J connectivity index is 2.23. The third-order valence-electron chi connectivity index (χ3n) is 4.82. The van der Waals surface area contributed by atoms with Crippen molar-refractivity contribution in [2.24, 2.45) is 0 Å². The van der Waals surface area contributed by atoms with Gasteiger partial charge in [-0.3, -0.25) is 0 Å². The largest absolute Gasteiger partial charge is 0.383 e. The van der Waals surface area contributed by atoms with Crippen LogP contribution in [0.15, 0.2) is 35.4 Å². The lowest BCUT2D eigenvalue weighted by Crippen LogP contribution is -2.16. The molecule has 8 heteroatoms. The van der Waals surface area contributed by atoms with E-state index in [4.69, 9.17) is 21.3 Å². The number of halogens is 1. The van der Waals surface area contributed by atoms with Crippen molar-refractivity contribution in [2.45, 2.75) is 37.6 Å². The van der Waals surface area contributed by atoms with Gasteiger partial charge in [-0.05, 0) is 24.6 Å². The van der Waals surface area contributed by atoms with Gasteiger partial charge in [0.1, 0.15) is 11.3 Å². The van der Waals surface area contributed by atoms with E-state index in [1.54, 1.807) is 25.4 Å². The molecule has 0 bridgehead atoms. The fourth-order valence-electron chi connectivity index (χ4n) is 3.40. The highest BCUT2D eigenvalue weighted by molar-refractivity contribution is 7.90. The molecule has 0 fully saturated rings. The highest BCUT2D eigenvalue weighted by atomic mass is 35.5. The zero-order valence-electron chi connectivity index (χ0n) is 16.4. The van der Waals surface area contributed by atoms with Crippen molar-refractivity contribution in [1.29, 1.82) is 0 Å². The van der Waals surface area contributed by atoms with E-state index in [0.717, 1.165) is 41.0 Å². The Morgan fingerprint density at radius 2 is 1.96 bits per heavy atom. The van der Waals surface area contributed by atoms with Crippen molar-refractivity contribution in [3.05, 3.63) is 41.3 Å². The molecule has 2 heterocycles. The lowest BCUT2D eigenvalue weighted by molar-refractivity contribution is 0.153. The summed E-state index contributed by atoms with van der Waals surface area (Å²) >= 11 is 6.45. The zero-order chi connectivity index (χ0) is 20.5. The molecule has 1 aromatic carbocycles. The maximum atomic E-state index is 11.8. The maximum Gasteiger partial charge on any atom is 0.175 e.